The van der Waals surface area contributed by atoms with Gasteiger partial charge in [0.2, 0.25) is 5.91 Å². The van der Waals surface area contributed by atoms with Crippen molar-refractivity contribution in [2.45, 2.75) is 57.4 Å². The number of nitrogens with zero attached hydrogens (tertiary/aromatic N) is 1. The lowest BCUT2D eigenvalue weighted by Gasteiger charge is -2.33. The molecular weight excluding hydrogens is 260 g/mol. The van der Waals surface area contributed by atoms with Crippen molar-refractivity contribution in [3.63, 3.8) is 0 Å². The third kappa shape index (κ3) is 2.81. The van der Waals surface area contributed by atoms with Gasteiger partial charge in [-0.3, -0.25) is 4.79 Å². The molecule has 0 saturated heterocycles. The minimum absolute atomic E-state index is 0.0333. The smallest absolute Gasteiger partial charge is 0.240 e. The zero-order valence-corrected chi connectivity index (χ0v) is 12.4. The molecule has 2 aliphatic carbocycles. The van der Waals surface area contributed by atoms with Crippen LogP contribution in [0.25, 0.3) is 0 Å². The summed E-state index contributed by atoms with van der Waals surface area (Å²) in [6, 6.07) is 10.9. The van der Waals surface area contributed by atoms with E-state index in [9.17, 15) is 10.1 Å². The van der Waals surface area contributed by atoms with Crippen molar-refractivity contribution in [1.29, 1.82) is 5.26 Å². The fraction of sp³-hybridized carbons (Fsp3) is 0.556. The molecule has 1 aromatic carbocycles. The van der Waals surface area contributed by atoms with E-state index in [-0.39, 0.29) is 11.9 Å². The van der Waals surface area contributed by atoms with Crippen LogP contribution in [0.5, 0.6) is 0 Å². The van der Waals surface area contributed by atoms with Crippen molar-refractivity contribution in [2.75, 3.05) is 0 Å². The molecular formula is C18H22N2O. The molecule has 110 valence electrons. The third-order valence-corrected chi connectivity index (χ3v) is 5.04. The zero-order valence-electron chi connectivity index (χ0n) is 12.4. The summed E-state index contributed by atoms with van der Waals surface area (Å²) < 4.78 is 0. The SMILES string of the molecule is N#CC1(C(=O)NC2CCc3ccccc3C2)CCCCC1. The number of rotatable bonds is 2. The first kappa shape index (κ1) is 14.1. The largest absolute Gasteiger partial charge is 0.352 e. The minimum atomic E-state index is -0.769. The van der Waals surface area contributed by atoms with Crippen LogP contribution in [0.4, 0.5) is 0 Å². The van der Waals surface area contributed by atoms with Crippen molar-refractivity contribution in [1.82, 2.24) is 5.32 Å². The summed E-state index contributed by atoms with van der Waals surface area (Å²) in [4.78, 5) is 12.6. The van der Waals surface area contributed by atoms with Gasteiger partial charge in [-0.25, -0.2) is 0 Å². The highest BCUT2D eigenvalue weighted by atomic mass is 16.2. The Kier molecular flexibility index (Phi) is 3.96. The predicted molar refractivity (Wildman–Crippen MR) is 81.5 cm³/mol. The molecule has 3 rings (SSSR count). The summed E-state index contributed by atoms with van der Waals surface area (Å²) in [5, 5.41) is 12.6. The number of benzene rings is 1. The second kappa shape index (κ2) is 5.89. The van der Waals surface area contributed by atoms with Gasteiger partial charge < -0.3 is 5.32 Å². The van der Waals surface area contributed by atoms with Crippen molar-refractivity contribution >= 4 is 5.91 Å². The van der Waals surface area contributed by atoms with Crippen LogP contribution in [0, 0.1) is 16.7 Å². The van der Waals surface area contributed by atoms with Crippen LogP contribution < -0.4 is 5.32 Å². The van der Waals surface area contributed by atoms with E-state index in [0.717, 1.165) is 51.4 Å². The molecule has 1 fully saturated rings. The molecule has 1 unspecified atom stereocenters. The number of hydrogen-bond acceptors (Lipinski definition) is 2. The van der Waals surface area contributed by atoms with Crippen LogP contribution in [0.3, 0.4) is 0 Å². The van der Waals surface area contributed by atoms with E-state index in [1.807, 2.05) is 0 Å². The molecule has 0 aliphatic heterocycles. The predicted octanol–water partition coefficient (Wildman–Crippen LogP) is 3.13. The van der Waals surface area contributed by atoms with Gasteiger partial charge in [-0.05, 0) is 43.2 Å². The Bertz CT molecular complexity index is 567. The molecule has 3 nitrogen and oxygen atoms in total. The van der Waals surface area contributed by atoms with E-state index in [2.05, 4.69) is 35.7 Å². The quantitative estimate of drug-likeness (QED) is 0.906. The number of carbonyl (C=O) groups is 1. The number of carbonyl (C=O) groups excluding carboxylic acids is 1. The van der Waals surface area contributed by atoms with Crippen LogP contribution in [0.2, 0.25) is 0 Å². The van der Waals surface area contributed by atoms with Crippen LogP contribution in [-0.2, 0) is 17.6 Å². The maximum absolute atomic E-state index is 12.6. The van der Waals surface area contributed by atoms with E-state index in [0.29, 0.717) is 0 Å². The summed E-state index contributed by atoms with van der Waals surface area (Å²) in [5.74, 6) is -0.0333. The molecule has 1 aromatic rings. The Morgan fingerprint density at radius 1 is 1.19 bits per heavy atom. The number of amides is 1. The number of aryl methyl sites for hydroxylation is 1. The Balaban J connectivity index is 1.67. The first-order chi connectivity index (χ1) is 10.2. The topological polar surface area (TPSA) is 52.9 Å². The Labute approximate surface area is 126 Å². The monoisotopic (exact) mass is 282 g/mol. The fourth-order valence-electron chi connectivity index (χ4n) is 3.69. The molecule has 1 saturated carbocycles. The van der Waals surface area contributed by atoms with Gasteiger partial charge >= 0.3 is 0 Å². The van der Waals surface area contributed by atoms with Gasteiger partial charge in [0.1, 0.15) is 5.41 Å². The highest BCUT2D eigenvalue weighted by Gasteiger charge is 2.40. The minimum Gasteiger partial charge on any atom is -0.352 e. The zero-order chi connectivity index (χ0) is 14.7. The summed E-state index contributed by atoms with van der Waals surface area (Å²) in [7, 11) is 0. The van der Waals surface area contributed by atoms with Crippen LogP contribution in [-0.4, -0.2) is 11.9 Å². The first-order valence-corrected chi connectivity index (χ1v) is 8.02. The number of hydrogen-bond donors (Lipinski definition) is 1. The lowest BCUT2D eigenvalue weighted by Crippen LogP contribution is -2.47. The van der Waals surface area contributed by atoms with Crippen molar-refractivity contribution in [2.24, 2.45) is 5.41 Å². The van der Waals surface area contributed by atoms with Gasteiger partial charge in [0.15, 0.2) is 0 Å². The highest BCUT2D eigenvalue weighted by Crippen LogP contribution is 2.36. The van der Waals surface area contributed by atoms with E-state index >= 15 is 0 Å². The van der Waals surface area contributed by atoms with Gasteiger partial charge in [0.05, 0.1) is 6.07 Å². The molecule has 0 spiro atoms. The van der Waals surface area contributed by atoms with Crippen LogP contribution in [0.15, 0.2) is 24.3 Å². The summed E-state index contributed by atoms with van der Waals surface area (Å²) in [6.45, 7) is 0. The standard InChI is InChI=1S/C18H22N2O/c19-13-18(10-4-1-5-11-18)17(21)20-16-9-8-14-6-2-3-7-15(14)12-16/h2-3,6-7,16H,1,4-5,8-12H2,(H,20,21). The average Bonchev–Trinajstić information content (AvgIpc) is 2.55. The van der Waals surface area contributed by atoms with Crippen molar-refractivity contribution in [3.05, 3.63) is 35.4 Å². The molecule has 0 aromatic heterocycles. The molecule has 1 amide bonds. The van der Waals surface area contributed by atoms with Gasteiger partial charge in [0.25, 0.3) is 0 Å². The molecule has 21 heavy (non-hydrogen) atoms. The van der Waals surface area contributed by atoms with Gasteiger partial charge in [-0.1, -0.05) is 43.5 Å². The van der Waals surface area contributed by atoms with E-state index < -0.39 is 5.41 Å². The number of nitrogens with one attached hydrogen (secondary N) is 1. The number of fused-ring (bicyclic) bond motifs is 1. The lowest BCUT2D eigenvalue weighted by atomic mass is 9.74. The molecule has 1 atom stereocenters. The maximum atomic E-state index is 12.6. The van der Waals surface area contributed by atoms with Crippen molar-refractivity contribution < 1.29 is 4.79 Å². The highest BCUT2D eigenvalue weighted by molar-refractivity contribution is 5.85. The van der Waals surface area contributed by atoms with Gasteiger partial charge in [0, 0.05) is 6.04 Å². The Morgan fingerprint density at radius 3 is 2.62 bits per heavy atom. The Morgan fingerprint density at radius 2 is 1.90 bits per heavy atom. The van der Waals surface area contributed by atoms with Crippen molar-refractivity contribution in [3.8, 4) is 6.07 Å². The molecule has 0 heterocycles. The average molecular weight is 282 g/mol. The number of nitriles is 1. The normalized spacial score (nSPS) is 23.7. The van der Waals surface area contributed by atoms with Crippen LogP contribution in [0.1, 0.15) is 49.7 Å². The molecule has 2 aliphatic rings. The van der Waals surface area contributed by atoms with Crippen LogP contribution >= 0.6 is 0 Å². The first-order valence-electron chi connectivity index (χ1n) is 8.02. The van der Waals surface area contributed by atoms with E-state index in [4.69, 9.17) is 0 Å². The molecule has 0 bridgehead atoms. The second-order valence-corrected chi connectivity index (χ2v) is 6.44. The van der Waals surface area contributed by atoms with Gasteiger partial charge in [-0.2, -0.15) is 5.26 Å². The molecule has 1 N–H and O–H groups in total. The summed E-state index contributed by atoms with van der Waals surface area (Å²) in [6.07, 6.45) is 7.46. The van der Waals surface area contributed by atoms with Gasteiger partial charge in [-0.15, -0.1) is 0 Å². The Hall–Kier alpha value is -1.82. The maximum Gasteiger partial charge on any atom is 0.240 e. The van der Waals surface area contributed by atoms with E-state index in [1.54, 1.807) is 0 Å². The molecule has 0 radical (unpaired) electrons. The summed E-state index contributed by atoms with van der Waals surface area (Å²) >= 11 is 0. The fourth-order valence-corrected chi connectivity index (χ4v) is 3.69. The third-order valence-electron chi connectivity index (χ3n) is 5.04. The second-order valence-electron chi connectivity index (χ2n) is 6.44. The molecule has 3 heteroatoms. The lowest BCUT2D eigenvalue weighted by molar-refractivity contribution is -0.130. The van der Waals surface area contributed by atoms with E-state index in [1.165, 1.54) is 11.1 Å². The summed E-state index contributed by atoms with van der Waals surface area (Å²) in [5.41, 5.74) is 1.97.